The molecule has 1 fully saturated rings. The third kappa shape index (κ3) is 3.23. The van der Waals surface area contributed by atoms with Crippen molar-refractivity contribution in [3.05, 3.63) is 33.1 Å². The van der Waals surface area contributed by atoms with E-state index < -0.39 is 10.8 Å². The van der Waals surface area contributed by atoms with Crippen molar-refractivity contribution in [2.75, 3.05) is 20.1 Å². The number of nitrogens with zero attached hydrogens (tertiary/aromatic N) is 3. The SMILES string of the molecule is CN(CC1CCCN1)C(=O)c1cc(Cl)ncc1[N+](=O)[O-]. The van der Waals surface area contributed by atoms with Crippen molar-refractivity contribution >= 4 is 23.2 Å². The lowest BCUT2D eigenvalue weighted by molar-refractivity contribution is -0.385. The Morgan fingerprint density at radius 3 is 3.05 bits per heavy atom. The van der Waals surface area contributed by atoms with Crippen LogP contribution in [0.15, 0.2) is 12.3 Å². The van der Waals surface area contributed by atoms with E-state index in [1.54, 1.807) is 7.05 Å². The number of amides is 1. The van der Waals surface area contributed by atoms with Crippen molar-refractivity contribution in [2.45, 2.75) is 18.9 Å². The van der Waals surface area contributed by atoms with E-state index in [1.165, 1.54) is 11.0 Å². The monoisotopic (exact) mass is 298 g/mol. The van der Waals surface area contributed by atoms with Crippen LogP contribution in [-0.2, 0) is 0 Å². The summed E-state index contributed by atoms with van der Waals surface area (Å²) in [5, 5.41) is 14.3. The molecule has 1 saturated heterocycles. The second kappa shape index (κ2) is 6.15. The van der Waals surface area contributed by atoms with Crippen molar-refractivity contribution in [1.29, 1.82) is 0 Å². The molecule has 20 heavy (non-hydrogen) atoms. The third-order valence-electron chi connectivity index (χ3n) is 3.28. The lowest BCUT2D eigenvalue weighted by Crippen LogP contribution is -2.38. The van der Waals surface area contributed by atoms with Crippen LogP contribution in [0, 0.1) is 10.1 Å². The molecule has 1 aromatic rings. The first-order valence-corrected chi connectivity index (χ1v) is 6.65. The van der Waals surface area contributed by atoms with Gasteiger partial charge in [0.15, 0.2) is 0 Å². The van der Waals surface area contributed by atoms with Crippen LogP contribution in [0.2, 0.25) is 5.15 Å². The van der Waals surface area contributed by atoms with Gasteiger partial charge in [-0.3, -0.25) is 14.9 Å². The van der Waals surface area contributed by atoms with Gasteiger partial charge in [-0.05, 0) is 25.5 Å². The van der Waals surface area contributed by atoms with E-state index in [0.717, 1.165) is 25.6 Å². The van der Waals surface area contributed by atoms with Crippen LogP contribution < -0.4 is 5.32 Å². The summed E-state index contributed by atoms with van der Waals surface area (Å²) in [6.07, 6.45) is 3.09. The van der Waals surface area contributed by atoms with Crippen molar-refractivity contribution in [1.82, 2.24) is 15.2 Å². The average molecular weight is 299 g/mol. The number of hydrogen-bond donors (Lipinski definition) is 1. The van der Waals surface area contributed by atoms with Gasteiger partial charge < -0.3 is 10.2 Å². The Balaban J connectivity index is 2.18. The number of nitrogens with one attached hydrogen (secondary N) is 1. The summed E-state index contributed by atoms with van der Waals surface area (Å²) < 4.78 is 0. The van der Waals surface area contributed by atoms with Crippen molar-refractivity contribution in [3.8, 4) is 0 Å². The molecule has 7 nitrogen and oxygen atoms in total. The van der Waals surface area contributed by atoms with Gasteiger partial charge in [0, 0.05) is 19.6 Å². The summed E-state index contributed by atoms with van der Waals surface area (Å²) >= 11 is 5.72. The van der Waals surface area contributed by atoms with Gasteiger partial charge in [-0.1, -0.05) is 11.6 Å². The fourth-order valence-electron chi connectivity index (χ4n) is 2.27. The minimum Gasteiger partial charge on any atom is -0.340 e. The third-order valence-corrected chi connectivity index (χ3v) is 3.49. The Labute approximate surface area is 121 Å². The maximum Gasteiger partial charge on any atom is 0.300 e. The molecule has 0 saturated carbocycles. The second-order valence-corrected chi connectivity index (χ2v) is 5.15. The Morgan fingerprint density at radius 1 is 1.70 bits per heavy atom. The first-order valence-electron chi connectivity index (χ1n) is 6.28. The van der Waals surface area contributed by atoms with Crippen LogP contribution in [0.5, 0.6) is 0 Å². The molecule has 1 aliphatic heterocycles. The number of pyridine rings is 1. The molecule has 2 heterocycles. The minimum atomic E-state index is -0.627. The van der Waals surface area contributed by atoms with Gasteiger partial charge >= 0.3 is 0 Å². The van der Waals surface area contributed by atoms with Gasteiger partial charge in [-0.15, -0.1) is 0 Å². The lowest BCUT2D eigenvalue weighted by Gasteiger charge is -2.21. The fraction of sp³-hybridized carbons (Fsp3) is 0.500. The van der Waals surface area contributed by atoms with E-state index in [1.807, 2.05) is 0 Å². The van der Waals surface area contributed by atoms with E-state index >= 15 is 0 Å². The zero-order chi connectivity index (χ0) is 14.7. The van der Waals surface area contributed by atoms with E-state index in [-0.39, 0.29) is 22.4 Å². The minimum absolute atomic E-state index is 0.0319. The molecule has 1 aromatic heterocycles. The van der Waals surface area contributed by atoms with Crippen LogP contribution >= 0.6 is 11.6 Å². The fourth-order valence-corrected chi connectivity index (χ4v) is 2.43. The number of nitro groups is 1. The van der Waals surface area contributed by atoms with E-state index in [4.69, 9.17) is 11.6 Å². The van der Waals surface area contributed by atoms with E-state index in [9.17, 15) is 14.9 Å². The molecule has 8 heteroatoms. The highest BCUT2D eigenvalue weighted by Crippen LogP contribution is 2.22. The van der Waals surface area contributed by atoms with Crippen molar-refractivity contribution in [3.63, 3.8) is 0 Å². The molecule has 0 bridgehead atoms. The van der Waals surface area contributed by atoms with Gasteiger partial charge in [0.25, 0.3) is 11.6 Å². The quantitative estimate of drug-likeness (QED) is 0.516. The van der Waals surface area contributed by atoms with Crippen LogP contribution in [0.25, 0.3) is 0 Å². The Morgan fingerprint density at radius 2 is 2.45 bits per heavy atom. The molecule has 1 aliphatic rings. The van der Waals surface area contributed by atoms with Crippen LogP contribution in [0.4, 0.5) is 5.69 Å². The summed E-state index contributed by atoms with van der Waals surface area (Å²) in [6, 6.07) is 1.47. The number of aromatic nitrogens is 1. The summed E-state index contributed by atoms with van der Waals surface area (Å²) in [5.74, 6) is -0.422. The van der Waals surface area contributed by atoms with Gasteiger partial charge in [0.05, 0.1) is 4.92 Å². The molecular formula is C12H15ClN4O3. The topological polar surface area (TPSA) is 88.4 Å². The molecule has 0 spiro atoms. The van der Waals surface area contributed by atoms with Gasteiger partial charge in [0.2, 0.25) is 0 Å². The molecule has 2 rings (SSSR count). The molecule has 0 aliphatic carbocycles. The first kappa shape index (κ1) is 14.7. The number of likely N-dealkylation sites (N-methyl/N-ethyl adjacent to an activating group) is 1. The highest BCUT2D eigenvalue weighted by molar-refractivity contribution is 6.29. The molecule has 1 atom stereocenters. The molecule has 1 N–H and O–H groups in total. The molecule has 0 aromatic carbocycles. The lowest BCUT2D eigenvalue weighted by atomic mass is 10.1. The predicted molar refractivity (Wildman–Crippen MR) is 73.9 cm³/mol. The highest BCUT2D eigenvalue weighted by atomic mass is 35.5. The highest BCUT2D eigenvalue weighted by Gasteiger charge is 2.26. The standard InChI is InChI=1S/C12H15ClN4O3/c1-16(7-8-3-2-4-14-8)12(18)9-5-11(13)15-6-10(9)17(19)20/h5-6,8,14H,2-4,7H2,1H3. The van der Waals surface area contributed by atoms with Crippen LogP contribution in [0.3, 0.4) is 0 Å². The zero-order valence-corrected chi connectivity index (χ0v) is 11.8. The maximum atomic E-state index is 12.3. The van der Waals surface area contributed by atoms with Crippen molar-refractivity contribution < 1.29 is 9.72 Å². The first-order chi connectivity index (χ1) is 9.49. The maximum absolute atomic E-state index is 12.3. The van der Waals surface area contributed by atoms with Gasteiger partial charge in [0.1, 0.15) is 16.9 Å². The van der Waals surface area contributed by atoms with Gasteiger partial charge in [-0.25, -0.2) is 4.98 Å². The summed E-state index contributed by atoms with van der Waals surface area (Å²) in [6.45, 7) is 1.45. The molecule has 1 amide bonds. The number of rotatable bonds is 4. The zero-order valence-electron chi connectivity index (χ0n) is 11.0. The largest absolute Gasteiger partial charge is 0.340 e. The number of halogens is 1. The Hall–Kier alpha value is -1.73. The van der Waals surface area contributed by atoms with E-state index in [2.05, 4.69) is 10.3 Å². The molecular weight excluding hydrogens is 284 g/mol. The summed E-state index contributed by atoms with van der Waals surface area (Å²) in [4.78, 5) is 27.8. The van der Waals surface area contributed by atoms with E-state index in [0.29, 0.717) is 6.54 Å². The molecule has 1 unspecified atom stereocenters. The Kier molecular flexibility index (Phi) is 4.51. The number of carbonyl (C=O) groups is 1. The number of carbonyl (C=O) groups excluding carboxylic acids is 1. The van der Waals surface area contributed by atoms with Gasteiger partial charge in [-0.2, -0.15) is 0 Å². The summed E-state index contributed by atoms with van der Waals surface area (Å²) in [7, 11) is 1.63. The number of hydrogen-bond acceptors (Lipinski definition) is 5. The van der Waals surface area contributed by atoms with Crippen LogP contribution in [0.1, 0.15) is 23.2 Å². The Bertz CT molecular complexity index is 531. The molecule has 0 radical (unpaired) electrons. The average Bonchev–Trinajstić information content (AvgIpc) is 2.90. The normalized spacial score (nSPS) is 18.0. The summed E-state index contributed by atoms with van der Waals surface area (Å²) in [5.41, 5.74) is -0.360. The molecule has 108 valence electrons. The van der Waals surface area contributed by atoms with Crippen LogP contribution in [-0.4, -0.2) is 46.9 Å². The second-order valence-electron chi connectivity index (χ2n) is 4.76. The predicted octanol–water partition coefficient (Wildman–Crippen LogP) is 1.47. The van der Waals surface area contributed by atoms with Crippen molar-refractivity contribution in [2.24, 2.45) is 0 Å². The smallest absolute Gasteiger partial charge is 0.300 e.